The van der Waals surface area contributed by atoms with Gasteiger partial charge in [0.05, 0.1) is 5.69 Å². The van der Waals surface area contributed by atoms with Crippen LogP contribution in [-0.4, -0.2) is 31.8 Å². The number of H-pyrrole nitrogens is 1. The summed E-state index contributed by atoms with van der Waals surface area (Å²) in [5.41, 5.74) is 3.34. The van der Waals surface area contributed by atoms with Crippen LogP contribution < -0.4 is 10.9 Å². The number of hydrogen-bond donors (Lipinski definition) is 4. The lowest BCUT2D eigenvalue weighted by atomic mass is 9.97. The number of carboxylic acids is 1. The monoisotopic (exact) mass is 393 g/mol. The maximum atomic E-state index is 12.3. The third kappa shape index (κ3) is 3.03. The van der Waals surface area contributed by atoms with Crippen LogP contribution in [0.3, 0.4) is 0 Å². The molecule has 2 aromatic heterocycles. The first-order valence-corrected chi connectivity index (χ1v) is 9.52. The van der Waals surface area contributed by atoms with Crippen molar-refractivity contribution in [1.29, 1.82) is 0 Å². The van der Waals surface area contributed by atoms with Crippen LogP contribution in [0.15, 0.2) is 29.1 Å². The Bertz CT molecular complexity index is 1230. The van der Waals surface area contributed by atoms with Crippen molar-refractivity contribution in [3.63, 3.8) is 0 Å². The molecule has 0 spiro atoms. The molecule has 29 heavy (non-hydrogen) atoms. The zero-order chi connectivity index (χ0) is 20.9. The topological polar surface area (TPSA) is 107 Å². The second-order valence-corrected chi connectivity index (χ2v) is 7.63. The Balaban J connectivity index is 1.95. The molecule has 0 saturated carbocycles. The maximum Gasteiger partial charge on any atom is 0.345 e. The highest BCUT2D eigenvalue weighted by Gasteiger charge is 2.25. The third-order valence-corrected chi connectivity index (χ3v) is 5.44. The summed E-state index contributed by atoms with van der Waals surface area (Å²) in [6.07, 6.45) is 4.17. The molecule has 7 heteroatoms. The fraction of sp³-hybridized carbons (Fsp3) is 0.273. The number of aryl methyl sites for hydroxylation is 1. The van der Waals surface area contributed by atoms with Crippen LogP contribution >= 0.6 is 0 Å². The molecule has 4 N–H and O–H groups in total. The van der Waals surface area contributed by atoms with E-state index in [-0.39, 0.29) is 0 Å². The summed E-state index contributed by atoms with van der Waals surface area (Å²) in [7, 11) is 2.02. The second-order valence-electron chi connectivity index (χ2n) is 7.63. The Hall–Kier alpha value is -3.32. The Morgan fingerprint density at radius 3 is 2.79 bits per heavy atom. The number of pyridine rings is 1. The maximum absolute atomic E-state index is 12.3. The average molecular weight is 393 g/mol. The average Bonchev–Trinajstić information content (AvgIpc) is 2.85. The molecular formula is C22H23N3O4. The third-order valence-electron chi connectivity index (χ3n) is 5.44. The van der Waals surface area contributed by atoms with Gasteiger partial charge in [0, 0.05) is 47.4 Å². The SMILES string of the molecule is CC(C)NCc1cc2c3c(ccc2n1C)-c1[nH]c(=O)c(C(=O)O)c(O)c1CC=C3. The minimum Gasteiger partial charge on any atom is -0.506 e. The first kappa shape index (κ1) is 19.0. The Morgan fingerprint density at radius 2 is 2.10 bits per heavy atom. The van der Waals surface area contributed by atoms with Crippen molar-refractivity contribution >= 4 is 22.9 Å². The summed E-state index contributed by atoms with van der Waals surface area (Å²) in [6.45, 7) is 4.93. The van der Waals surface area contributed by atoms with Crippen molar-refractivity contribution in [3.05, 3.63) is 57.0 Å². The first-order chi connectivity index (χ1) is 13.8. The quantitative estimate of drug-likeness (QED) is 0.545. The molecule has 0 amide bonds. The van der Waals surface area contributed by atoms with E-state index in [1.54, 1.807) is 0 Å². The Kier molecular flexibility index (Phi) is 4.55. The molecule has 3 aromatic rings. The van der Waals surface area contributed by atoms with Gasteiger partial charge in [0.1, 0.15) is 5.75 Å². The molecule has 1 aliphatic rings. The smallest absolute Gasteiger partial charge is 0.345 e. The molecule has 0 atom stereocenters. The van der Waals surface area contributed by atoms with Crippen LogP contribution in [0.2, 0.25) is 0 Å². The summed E-state index contributed by atoms with van der Waals surface area (Å²) in [5.74, 6) is -1.91. The molecule has 0 bridgehead atoms. The predicted molar refractivity (Wildman–Crippen MR) is 112 cm³/mol. The summed E-state index contributed by atoms with van der Waals surface area (Å²) in [6, 6.07) is 6.38. The van der Waals surface area contributed by atoms with Gasteiger partial charge in [0.15, 0.2) is 5.56 Å². The van der Waals surface area contributed by atoms with E-state index in [4.69, 9.17) is 0 Å². The number of rotatable bonds is 4. The molecule has 0 unspecified atom stereocenters. The zero-order valence-electron chi connectivity index (χ0n) is 16.5. The minimum absolute atomic E-state index is 0.322. The summed E-state index contributed by atoms with van der Waals surface area (Å²) < 4.78 is 2.14. The highest BCUT2D eigenvalue weighted by atomic mass is 16.4. The number of fused-ring (bicyclic) bond motifs is 5. The lowest BCUT2D eigenvalue weighted by Crippen LogP contribution is -2.22. The molecule has 0 fully saturated rings. The number of hydrogen-bond acceptors (Lipinski definition) is 4. The van der Waals surface area contributed by atoms with Crippen LogP contribution in [0.4, 0.5) is 0 Å². The standard InChI is InChI=1S/C22H23N3O4/c1-11(2)23-10-12-9-16-13-5-4-6-15-19(14(13)7-8-17(16)25(12)3)24-21(27)18(20(15)26)22(28)29/h4-5,7-9,11,23H,6,10H2,1-3H3,(H,28,29)(H2,24,26,27). The fourth-order valence-corrected chi connectivity index (χ4v) is 3.91. The van der Waals surface area contributed by atoms with Gasteiger partial charge in [-0.1, -0.05) is 32.1 Å². The number of aromatic nitrogens is 2. The van der Waals surface area contributed by atoms with Gasteiger partial charge in [-0.2, -0.15) is 0 Å². The van der Waals surface area contributed by atoms with Crippen LogP contribution in [0, 0.1) is 0 Å². The number of nitrogens with one attached hydrogen (secondary N) is 2. The second kappa shape index (κ2) is 6.93. The molecular weight excluding hydrogens is 370 g/mol. The highest BCUT2D eigenvalue weighted by molar-refractivity contribution is 5.99. The molecule has 1 aliphatic carbocycles. The molecule has 4 rings (SSSR count). The molecule has 0 saturated heterocycles. The summed E-state index contributed by atoms with van der Waals surface area (Å²) in [4.78, 5) is 26.4. The van der Waals surface area contributed by atoms with Gasteiger partial charge >= 0.3 is 5.97 Å². The van der Waals surface area contributed by atoms with Crippen LogP contribution in [0.5, 0.6) is 5.75 Å². The minimum atomic E-state index is -1.44. The molecule has 1 aromatic carbocycles. The fourth-order valence-electron chi connectivity index (χ4n) is 3.91. The van der Waals surface area contributed by atoms with E-state index in [0.717, 1.165) is 34.3 Å². The van der Waals surface area contributed by atoms with Crippen molar-refractivity contribution in [2.75, 3.05) is 0 Å². The molecule has 0 aliphatic heterocycles. The molecule has 7 nitrogen and oxygen atoms in total. The highest BCUT2D eigenvalue weighted by Crippen LogP contribution is 2.38. The van der Waals surface area contributed by atoms with Gasteiger partial charge in [-0.05, 0) is 24.1 Å². The number of carboxylic acid groups (broad SMARTS) is 1. The first-order valence-electron chi connectivity index (χ1n) is 9.52. The van der Waals surface area contributed by atoms with E-state index >= 15 is 0 Å². The van der Waals surface area contributed by atoms with E-state index in [1.165, 1.54) is 0 Å². The number of aromatic hydroxyl groups is 1. The van der Waals surface area contributed by atoms with Crippen molar-refractivity contribution in [2.45, 2.75) is 32.9 Å². The van der Waals surface area contributed by atoms with Crippen LogP contribution in [0.1, 0.15) is 41.0 Å². The molecule has 2 heterocycles. The number of aromatic carboxylic acids is 1. The van der Waals surface area contributed by atoms with Gasteiger partial charge in [-0.15, -0.1) is 0 Å². The van der Waals surface area contributed by atoms with Crippen LogP contribution in [0.25, 0.3) is 28.2 Å². The van der Waals surface area contributed by atoms with E-state index < -0.39 is 22.8 Å². The summed E-state index contributed by atoms with van der Waals surface area (Å²) in [5, 5.41) is 24.2. The number of aromatic amines is 1. The lowest BCUT2D eigenvalue weighted by Gasteiger charge is -2.13. The number of carbonyl (C=O) groups is 1. The summed E-state index contributed by atoms with van der Waals surface area (Å²) >= 11 is 0. The van der Waals surface area contributed by atoms with Crippen molar-refractivity contribution < 1.29 is 15.0 Å². The number of benzene rings is 1. The van der Waals surface area contributed by atoms with E-state index in [2.05, 4.69) is 34.8 Å². The van der Waals surface area contributed by atoms with E-state index in [0.29, 0.717) is 23.7 Å². The van der Waals surface area contributed by atoms with Gasteiger partial charge < -0.3 is 25.1 Å². The van der Waals surface area contributed by atoms with Crippen molar-refractivity contribution in [2.24, 2.45) is 7.05 Å². The van der Waals surface area contributed by atoms with Crippen molar-refractivity contribution in [1.82, 2.24) is 14.9 Å². The van der Waals surface area contributed by atoms with Gasteiger partial charge in [-0.25, -0.2) is 4.79 Å². The molecule has 150 valence electrons. The number of allylic oxidation sites excluding steroid dienone is 1. The van der Waals surface area contributed by atoms with Crippen molar-refractivity contribution in [3.8, 4) is 17.0 Å². The van der Waals surface area contributed by atoms with Gasteiger partial charge in [0.2, 0.25) is 0 Å². The van der Waals surface area contributed by atoms with Crippen LogP contribution in [-0.2, 0) is 20.0 Å². The predicted octanol–water partition coefficient (Wildman–Crippen LogP) is 3.00. The van der Waals surface area contributed by atoms with Gasteiger partial charge in [-0.3, -0.25) is 4.79 Å². The largest absolute Gasteiger partial charge is 0.506 e. The van der Waals surface area contributed by atoms with E-state index in [9.17, 15) is 19.8 Å². The zero-order valence-corrected chi connectivity index (χ0v) is 16.5. The van der Waals surface area contributed by atoms with Gasteiger partial charge in [0.25, 0.3) is 5.56 Å². The lowest BCUT2D eigenvalue weighted by molar-refractivity contribution is 0.0691. The number of nitrogens with zero attached hydrogens (tertiary/aromatic N) is 1. The molecule has 0 radical (unpaired) electrons. The Labute approximate surface area is 167 Å². The normalized spacial score (nSPS) is 12.8. The van der Waals surface area contributed by atoms with E-state index in [1.807, 2.05) is 31.3 Å². The Morgan fingerprint density at radius 1 is 1.34 bits per heavy atom.